The number of phosphoric acid groups is 1. The molecule has 2 aliphatic rings. The summed E-state index contributed by atoms with van der Waals surface area (Å²) in [5.41, 5.74) is 10.8. The lowest BCUT2D eigenvalue weighted by atomic mass is 9.87. The van der Waals surface area contributed by atoms with Gasteiger partial charge in [0.15, 0.2) is 5.13 Å². The summed E-state index contributed by atoms with van der Waals surface area (Å²) < 4.78 is 15.7. The molecule has 0 saturated heterocycles. The molecule has 0 spiro atoms. The number of aryl methyl sites for hydroxylation is 2. The molecule has 9 heteroatoms. The largest absolute Gasteiger partial charge is 0.469 e. The van der Waals surface area contributed by atoms with Gasteiger partial charge in [0.25, 0.3) is 0 Å². The standard InChI is InChI=1S/C21H30N3O4PS/c1-2-3-10-23-20-24-18-7-5-15-11-14(4-6-17(15)19(18)30-20)16-8-9-21(22,12-16)13-28-29(25,26)27/h4,6,11,16H,2-3,5,7-10,12-13,22H2,1H3,(H,23,24)(H2,25,26,27)/t16-,21+/m0/s1. The van der Waals surface area contributed by atoms with E-state index in [2.05, 4.69) is 30.4 Å². The first-order chi connectivity index (χ1) is 14.3. The third-order valence-electron chi connectivity index (χ3n) is 6.14. The molecule has 0 bridgehead atoms. The van der Waals surface area contributed by atoms with Crippen LogP contribution in [0.25, 0.3) is 10.4 Å². The highest BCUT2D eigenvalue weighted by molar-refractivity contribution is 7.46. The fourth-order valence-corrected chi connectivity index (χ4v) is 6.04. The zero-order valence-corrected chi connectivity index (χ0v) is 19.0. The monoisotopic (exact) mass is 451 g/mol. The topological polar surface area (TPSA) is 118 Å². The third-order valence-corrected chi connectivity index (χ3v) is 7.70. The molecule has 1 heterocycles. The summed E-state index contributed by atoms with van der Waals surface area (Å²) in [7, 11) is -4.50. The number of unbranched alkanes of at least 4 members (excludes halogenated alkanes) is 1. The number of nitrogens with zero attached hydrogens (tertiary/aromatic N) is 1. The van der Waals surface area contributed by atoms with Crippen LogP contribution in [0, 0.1) is 0 Å². The van der Waals surface area contributed by atoms with Crippen molar-refractivity contribution in [3.8, 4) is 10.4 Å². The van der Waals surface area contributed by atoms with Crippen molar-refractivity contribution >= 4 is 24.3 Å². The maximum atomic E-state index is 11.0. The van der Waals surface area contributed by atoms with Gasteiger partial charge in [0.1, 0.15) is 0 Å². The molecule has 7 nitrogen and oxygen atoms in total. The predicted octanol–water partition coefficient (Wildman–Crippen LogP) is 4.20. The molecule has 1 aromatic carbocycles. The summed E-state index contributed by atoms with van der Waals surface area (Å²) in [5.74, 6) is 0.287. The van der Waals surface area contributed by atoms with Gasteiger partial charge in [-0.1, -0.05) is 42.9 Å². The van der Waals surface area contributed by atoms with E-state index in [-0.39, 0.29) is 12.5 Å². The van der Waals surface area contributed by atoms with Gasteiger partial charge in [-0.3, -0.25) is 4.52 Å². The second-order valence-corrected chi connectivity index (χ2v) is 10.8. The van der Waals surface area contributed by atoms with Crippen LogP contribution in [0.1, 0.15) is 61.8 Å². The number of hydrogen-bond acceptors (Lipinski definition) is 6. The molecule has 0 radical (unpaired) electrons. The van der Waals surface area contributed by atoms with Crippen LogP contribution in [-0.4, -0.2) is 33.5 Å². The molecular formula is C21H30N3O4PS. The van der Waals surface area contributed by atoms with Crippen molar-refractivity contribution < 1.29 is 18.9 Å². The molecule has 1 saturated carbocycles. The van der Waals surface area contributed by atoms with Gasteiger partial charge in [0.05, 0.1) is 17.2 Å². The average molecular weight is 452 g/mol. The normalized spacial score (nSPS) is 23.3. The van der Waals surface area contributed by atoms with Gasteiger partial charge in [-0.05, 0) is 61.1 Å². The lowest BCUT2D eigenvalue weighted by Gasteiger charge is -2.24. The second-order valence-electron chi connectivity index (χ2n) is 8.56. The second kappa shape index (κ2) is 8.69. The van der Waals surface area contributed by atoms with Crippen molar-refractivity contribution in [2.24, 2.45) is 5.73 Å². The molecule has 2 atom stereocenters. The summed E-state index contributed by atoms with van der Waals surface area (Å²) in [6, 6.07) is 6.68. The van der Waals surface area contributed by atoms with Crippen molar-refractivity contribution in [1.82, 2.24) is 4.98 Å². The predicted molar refractivity (Wildman–Crippen MR) is 120 cm³/mol. The minimum atomic E-state index is -4.50. The van der Waals surface area contributed by atoms with Crippen LogP contribution in [-0.2, 0) is 21.9 Å². The summed E-state index contributed by atoms with van der Waals surface area (Å²) >= 11 is 1.74. The van der Waals surface area contributed by atoms with E-state index in [1.54, 1.807) is 11.3 Å². The first-order valence-electron chi connectivity index (χ1n) is 10.6. The Kier molecular flexibility index (Phi) is 6.35. The van der Waals surface area contributed by atoms with E-state index in [0.717, 1.165) is 37.4 Å². The molecule has 164 valence electrons. The zero-order valence-electron chi connectivity index (χ0n) is 17.3. The summed E-state index contributed by atoms with van der Waals surface area (Å²) in [6.45, 7) is 3.03. The summed E-state index contributed by atoms with van der Waals surface area (Å²) in [6.07, 6.45) is 6.52. The highest BCUT2D eigenvalue weighted by Crippen LogP contribution is 2.45. The Bertz CT molecular complexity index is 960. The summed E-state index contributed by atoms with van der Waals surface area (Å²) in [4.78, 5) is 24.0. The molecule has 4 rings (SSSR count). The minimum Gasteiger partial charge on any atom is -0.361 e. The SMILES string of the molecule is CCCCNc1nc2c(s1)-c1ccc([C@H]3CC[C@](N)(COP(=O)(O)O)C3)cc1CC2. The van der Waals surface area contributed by atoms with Crippen LogP contribution in [0.2, 0.25) is 0 Å². The van der Waals surface area contributed by atoms with Gasteiger partial charge in [-0.25, -0.2) is 9.55 Å². The lowest BCUT2D eigenvalue weighted by molar-refractivity contribution is 0.153. The summed E-state index contributed by atoms with van der Waals surface area (Å²) in [5, 5.41) is 4.46. The molecule has 0 amide bonds. The van der Waals surface area contributed by atoms with Crippen molar-refractivity contribution in [3.05, 3.63) is 35.0 Å². The van der Waals surface area contributed by atoms with E-state index in [9.17, 15) is 4.57 Å². The molecule has 5 N–H and O–H groups in total. The van der Waals surface area contributed by atoms with E-state index in [0.29, 0.717) is 12.8 Å². The van der Waals surface area contributed by atoms with Gasteiger partial charge in [-0.2, -0.15) is 0 Å². The van der Waals surface area contributed by atoms with E-state index < -0.39 is 13.4 Å². The Balaban J connectivity index is 1.47. The van der Waals surface area contributed by atoms with Crippen LogP contribution in [0.3, 0.4) is 0 Å². The fraction of sp³-hybridized carbons (Fsp3) is 0.571. The maximum Gasteiger partial charge on any atom is 0.469 e. The highest BCUT2D eigenvalue weighted by Gasteiger charge is 2.38. The number of aromatic nitrogens is 1. The van der Waals surface area contributed by atoms with Gasteiger partial charge < -0.3 is 20.8 Å². The average Bonchev–Trinajstić information content (AvgIpc) is 3.30. The van der Waals surface area contributed by atoms with Gasteiger partial charge in [-0.15, -0.1) is 0 Å². The molecular weight excluding hydrogens is 421 g/mol. The van der Waals surface area contributed by atoms with Crippen molar-refractivity contribution in [3.63, 3.8) is 0 Å². The number of nitrogens with two attached hydrogens (primary N) is 1. The first kappa shape index (κ1) is 21.9. The number of nitrogens with one attached hydrogen (secondary N) is 1. The number of anilines is 1. The molecule has 2 aromatic rings. The molecule has 1 fully saturated rings. The Morgan fingerprint density at radius 2 is 2.23 bits per heavy atom. The highest BCUT2D eigenvalue weighted by atomic mass is 32.1. The van der Waals surface area contributed by atoms with Crippen LogP contribution in [0.5, 0.6) is 0 Å². The smallest absolute Gasteiger partial charge is 0.361 e. The van der Waals surface area contributed by atoms with Crippen molar-refractivity contribution in [2.75, 3.05) is 18.5 Å². The van der Waals surface area contributed by atoms with E-state index >= 15 is 0 Å². The molecule has 30 heavy (non-hydrogen) atoms. The Morgan fingerprint density at radius 3 is 3.00 bits per heavy atom. The number of benzene rings is 1. The van der Waals surface area contributed by atoms with E-state index in [1.807, 2.05) is 0 Å². The molecule has 0 aliphatic heterocycles. The Morgan fingerprint density at radius 1 is 1.40 bits per heavy atom. The Labute approximate surface area is 181 Å². The number of thiazole rings is 1. The minimum absolute atomic E-state index is 0.114. The van der Waals surface area contributed by atoms with Crippen LogP contribution < -0.4 is 11.1 Å². The van der Waals surface area contributed by atoms with Crippen molar-refractivity contribution in [2.45, 2.75) is 63.3 Å². The fourth-order valence-electron chi connectivity index (χ4n) is 4.51. The lowest BCUT2D eigenvalue weighted by Crippen LogP contribution is -2.41. The first-order valence-corrected chi connectivity index (χ1v) is 13.0. The molecule has 1 aromatic heterocycles. The molecule has 0 unspecified atom stereocenters. The molecule has 2 aliphatic carbocycles. The number of rotatable bonds is 8. The zero-order chi connectivity index (χ0) is 21.4. The number of phosphoric ester groups is 1. The van der Waals surface area contributed by atoms with E-state index in [1.165, 1.54) is 33.7 Å². The van der Waals surface area contributed by atoms with Gasteiger partial charge in [0.2, 0.25) is 0 Å². The Hall–Kier alpha value is -1.28. The van der Waals surface area contributed by atoms with Gasteiger partial charge in [0, 0.05) is 12.1 Å². The van der Waals surface area contributed by atoms with Crippen LogP contribution in [0.4, 0.5) is 5.13 Å². The van der Waals surface area contributed by atoms with Crippen molar-refractivity contribution in [1.29, 1.82) is 0 Å². The van der Waals surface area contributed by atoms with E-state index in [4.69, 9.17) is 25.0 Å². The van der Waals surface area contributed by atoms with Crippen LogP contribution >= 0.6 is 19.2 Å². The quantitative estimate of drug-likeness (QED) is 0.351. The maximum absolute atomic E-state index is 11.0. The van der Waals surface area contributed by atoms with Gasteiger partial charge >= 0.3 is 7.82 Å². The number of fused-ring (bicyclic) bond motifs is 3. The van der Waals surface area contributed by atoms with Crippen LogP contribution in [0.15, 0.2) is 18.2 Å². The third kappa shape index (κ3) is 4.96. The number of hydrogen-bond donors (Lipinski definition) is 4.